The Balaban J connectivity index is 1.45. The molecule has 2 unspecified atom stereocenters. The van der Waals surface area contributed by atoms with Crippen molar-refractivity contribution < 1.29 is 9.53 Å². The van der Waals surface area contributed by atoms with Gasteiger partial charge >= 0.3 is 0 Å². The predicted molar refractivity (Wildman–Crippen MR) is 77.8 cm³/mol. The van der Waals surface area contributed by atoms with Gasteiger partial charge in [0.15, 0.2) is 0 Å². The van der Waals surface area contributed by atoms with E-state index in [1.807, 2.05) is 18.2 Å². The molecule has 2 aliphatic heterocycles. The van der Waals surface area contributed by atoms with E-state index in [1.165, 1.54) is 18.4 Å². The minimum absolute atomic E-state index is 0.105. The molecule has 0 saturated carbocycles. The van der Waals surface area contributed by atoms with E-state index in [0.29, 0.717) is 19.1 Å². The van der Waals surface area contributed by atoms with Crippen LogP contribution in [-0.4, -0.2) is 31.1 Å². The summed E-state index contributed by atoms with van der Waals surface area (Å²) >= 11 is 0. The fourth-order valence-corrected chi connectivity index (χ4v) is 3.03. The van der Waals surface area contributed by atoms with Gasteiger partial charge < -0.3 is 15.4 Å². The Hall–Kier alpha value is -1.55. The van der Waals surface area contributed by atoms with Crippen LogP contribution >= 0.6 is 0 Å². The Morgan fingerprint density at radius 3 is 3.15 bits per heavy atom. The SMILES string of the molecule is O=C(CCC1CCCN1)NC1COc2ccccc2C1. The Morgan fingerprint density at radius 2 is 2.30 bits per heavy atom. The van der Waals surface area contributed by atoms with Crippen molar-refractivity contribution in [2.24, 2.45) is 0 Å². The van der Waals surface area contributed by atoms with Crippen molar-refractivity contribution in [3.05, 3.63) is 29.8 Å². The second-order valence-electron chi connectivity index (χ2n) is 5.72. The molecule has 0 aromatic heterocycles. The molecule has 0 bridgehead atoms. The number of rotatable bonds is 4. The van der Waals surface area contributed by atoms with Crippen LogP contribution in [0.4, 0.5) is 0 Å². The highest BCUT2D eigenvalue weighted by Gasteiger charge is 2.21. The van der Waals surface area contributed by atoms with Crippen LogP contribution in [0, 0.1) is 0 Å². The van der Waals surface area contributed by atoms with E-state index < -0.39 is 0 Å². The number of hydrogen-bond acceptors (Lipinski definition) is 3. The van der Waals surface area contributed by atoms with Gasteiger partial charge in [0.2, 0.25) is 5.91 Å². The van der Waals surface area contributed by atoms with Crippen molar-refractivity contribution in [2.75, 3.05) is 13.2 Å². The zero-order valence-electron chi connectivity index (χ0n) is 11.7. The lowest BCUT2D eigenvalue weighted by Gasteiger charge is -2.26. The average Bonchev–Trinajstić information content (AvgIpc) is 2.98. The number of amides is 1. The summed E-state index contributed by atoms with van der Waals surface area (Å²) in [6, 6.07) is 8.68. The molecule has 2 aliphatic rings. The highest BCUT2D eigenvalue weighted by Crippen LogP contribution is 2.23. The molecule has 108 valence electrons. The van der Waals surface area contributed by atoms with Gasteiger partial charge in [-0.2, -0.15) is 0 Å². The summed E-state index contributed by atoms with van der Waals surface area (Å²) in [6.45, 7) is 1.67. The normalized spacial score (nSPS) is 24.8. The molecule has 20 heavy (non-hydrogen) atoms. The maximum absolute atomic E-state index is 12.0. The van der Waals surface area contributed by atoms with E-state index in [1.54, 1.807) is 0 Å². The third kappa shape index (κ3) is 3.31. The molecule has 1 amide bonds. The van der Waals surface area contributed by atoms with Crippen LogP contribution in [0.15, 0.2) is 24.3 Å². The van der Waals surface area contributed by atoms with Crippen molar-refractivity contribution in [3.8, 4) is 5.75 Å². The monoisotopic (exact) mass is 274 g/mol. The number of carbonyl (C=O) groups excluding carboxylic acids is 1. The van der Waals surface area contributed by atoms with Crippen LogP contribution < -0.4 is 15.4 Å². The lowest BCUT2D eigenvalue weighted by atomic mass is 10.0. The van der Waals surface area contributed by atoms with Crippen molar-refractivity contribution in [3.63, 3.8) is 0 Å². The van der Waals surface area contributed by atoms with Crippen LogP contribution in [0.2, 0.25) is 0 Å². The molecule has 1 aromatic rings. The highest BCUT2D eigenvalue weighted by molar-refractivity contribution is 5.76. The quantitative estimate of drug-likeness (QED) is 0.877. The van der Waals surface area contributed by atoms with Crippen molar-refractivity contribution >= 4 is 5.91 Å². The van der Waals surface area contributed by atoms with Gasteiger partial charge in [0, 0.05) is 12.5 Å². The zero-order valence-corrected chi connectivity index (χ0v) is 11.7. The summed E-state index contributed by atoms with van der Waals surface area (Å²) < 4.78 is 5.69. The molecule has 2 heterocycles. The van der Waals surface area contributed by atoms with Crippen LogP contribution in [-0.2, 0) is 11.2 Å². The van der Waals surface area contributed by atoms with Crippen LogP contribution in [0.5, 0.6) is 5.75 Å². The molecule has 1 fully saturated rings. The van der Waals surface area contributed by atoms with E-state index in [4.69, 9.17) is 4.74 Å². The summed E-state index contributed by atoms with van der Waals surface area (Å²) in [7, 11) is 0. The van der Waals surface area contributed by atoms with E-state index in [9.17, 15) is 4.79 Å². The fraction of sp³-hybridized carbons (Fsp3) is 0.562. The molecule has 0 spiro atoms. The smallest absolute Gasteiger partial charge is 0.220 e. The predicted octanol–water partition coefficient (Wildman–Crippen LogP) is 1.64. The van der Waals surface area contributed by atoms with Crippen LogP contribution in [0.25, 0.3) is 0 Å². The molecular formula is C16H22N2O2. The largest absolute Gasteiger partial charge is 0.491 e. The minimum Gasteiger partial charge on any atom is -0.491 e. The first-order valence-corrected chi connectivity index (χ1v) is 7.55. The van der Waals surface area contributed by atoms with Gasteiger partial charge in [0.25, 0.3) is 0 Å². The van der Waals surface area contributed by atoms with E-state index in [2.05, 4.69) is 16.7 Å². The van der Waals surface area contributed by atoms with Crippen molar-refractivity contribution in [1.82, 2.24) is 10.6 Å². The van der Waals surface area contributed by atoms with Crippen molar-refractivity contribution in [1.29, 1.82) is 0 Å². The van der Waals surface area contributed by atoms with E-state index in [-0.39, 0.29) is 11.9 Å². The minimum atomic E-state index is 0.105. The summed E-state index contributed by atoms with van der Waals surface area (Å²) in [6.07, 6.45) is 4.85. The molecule has 2 atom stereocenters. The summed E-state index contributed by atoms with van der Waals surface area (Å²) in [5, 5.41) is 6.52. The second-order valence-corrected chi connectivity index (χ2v) is 5.72. The molecule has 0 aliphatic carbocycles. The molecule has 2 N–H and O–H groups in total. The highest BCUT2D eigenvalue weighted by atomic mass is 16.5. The number of fused-ring (bicyclic) bond motifs is 1. The molecule has 1 saturated heterocycles. The molecule has 4 nitrogen and oxygen atoms in total. The molecular weight excluding hydrogens is 252 g/mol. The van der Waals surface area contributed by atoms with Gasteiger partial charge in [-0.25, -0.2) is 0 Å². The first-order chi connectivity index (χ1) is 9.81. The van der Waals surface area contributed by atoms with E-state index in [0.717, 1.165) is 25.1 Å². The van der Waals surface area contributed by atoms with Crippen LogP contribution in [0.3, 0.4) is 0 Å². The van der Waals surface area contributed by atoms with Crippen LogP contribution in [0.1, 0.15) is 31.2 Å². The van der Waals surface area contributed by atoms with Crippen molar-refractivity contribution in [2.45, 2.75) is 44.2 Å². The van der Waals surface area contributed by atoms with Gasteiger partial charge in [-0.15, -0.1) is 0 Å². The number of benzene rings is 1. The number of ether oxygens (including phenoxy) is 1. The van der Waals surface area contributed by atoms with Gasteiger partial charge in [-0.1, -0.05) is 18.2 Å². The van der Waals surface area contributed by atoms with E-state index >= 15 is 0 Å². The second kappa shape index (κ2) is 6.27. The van der Waals surface area contributed by atoms with Gasteiger partial charge in [-0.3, -0.25) is 4.79 Å². The Kier molecular flexibility index (Phi) is 4.21. The number of hydrogen-bond donors (Lipinski definition) is 2. The first-order valence-electron chi connectivity index (χ1n) is 7.55. The topological polar surface area (TPSA) is 50.4 Å². The van der Waals surface area contributed by atoms with Gasteiger partial charge in [0.05, 0.1) is 6.04 Å². The molecule has 4 heteroatoms. The standard InChI is InChI=1S/C16H22N2O2/c19-16(8-7-13-5-3-9-17-13)18-14-10-12-4-1-2-6-15(12)20-11-14/h1-2,4,6,13-14,17H,3,5,7-11H2,(H,18,19). The average molecular weight is 274 g/mol. The maximum Gasteiger partial charge on any atom is 0.220 e. The molecule has 0 radical (unpaired) electrons. The first kappa shape index (κ1) is 13.4. The number of carbonyl (C=O) groups is 1. The third-order valence-corrected chi connectivity index (χ3v) is 4.13. The lowest BCUT2D eigenvalue weighted by Crippen LogP contribution is -2.43. The number of para-hydroxylation sites is 1. The Bertz CT molecular complexity index is 469. The maximum atomic E-state index is 12.0. The Labute approximate surface area is 119 Å². The van der Waals surface area contributed by atoms with Gasteiger partial charge in [0.1, 0.15) is 12.4 Å². The third-order valence-electron chi connectivity index (χ3n) is 4.13. The fourth-order valence-electron chi connectivity index (χ4n) is 3.03. The summed E-state index contributed by atoms with van der Waals surface area (Å²) in [4.78, 5) is 12.0. The number of nitrogens with one attached hydrogen (secondary N) is 2. The molecule has 3 rings (SSSR count). The lowest BCUT2D eigenvalue weighted by molar-refractivity contribution is -0.122. The van der Waals surface area contributed by atoms with Gasteiger partial charge in [-0.05, 0) is 43.9 Å². The summed E-state index contributed by atoms with van der Waals surface area (Å²) in [5.74, 6) is 1.10. The molecule has 1 aromatic carbocycles. The Morgan fingerprint density at radius 1 is 1.40 bits per heavy atom. The summed E-state index contributed by atoms with van der Waals surface area (Å²) in [5.41, 5.74) is 1.18. The zero-order chi connectivity index (χ0) is 13.8.